The van der Waals surface area contributed by atoms with E-state index in [-0.39, 0.29) is 11.8 Å². The van der Waals surface area contributed by atoms with Gasteiger partial charge in [-0.2, -0.15) is 0 Å². The quantitative estimate of drug-likeness (QED) is 0.388. The number of nitrogens with one attached hydrogen (secondary N) is 2. The fourth-order valence-electron chi connectivity index (χ4n) is 6.07. The lowest BCUT2D eigenvalue weighted by Crippen LogP contribution is -2.59. The van der Waals surface area contributed by atoms with Crippen molar-refractivity contribution in [2.45, 2.75) is 56.3 Å². The van der Waals surface area contributed by atoms with Crippen LogP contribution in [0.5, 0.6) is 0 Å². The van der Waals surface area contributed by atoms with E-state index in [4.69, 9.17) is 23.2 Å². The molecule has 0 spiro atoms. The summed E-state index contributed by atoms with van der Waals surface area (Å²) in [6, 6.07) is 14.3. The highest BCUT2D eigenvalue weighted by atomic mass is 35.5. The van der Waals surface area contributed by atoms with Crippen molar-refractivity contribution in [3.63, 3.8) is 0 Å². The van der Waals surface area contributed by atoms with Gasteiger partial charge in [-0.15, -0.1) is 0 Å². The first-order valence-electron chi connectivity index (χ1n) is 13.4. The van der Waals surface area contributed by atoms with Crippen LogP contribution in [0.4, 0.5) is 0 Å². The second-order valence-electron chi connectivity index (χ2n) is 10.4. The third-order valence-electron chi connectivity index (χ3n) is 7.73. The number of halogens is 2. The smallest absolute Gasteiger partial charge is 0.255 e. The molecule has 4 atom stereocenters. The van der Waals surface area contributed by atoms with E-state index in [0.29, 0.717) is 52.7 Å². The van der Waals surface area contributed by atoms with E-state index < -0.39 is 34.1 Å². The Morgan fingerprint density at radius 2 is 1.73 bits per heavy atom. The van der Waals surface area contributed by atoms with Crippen molar-refractivity contribution < 1.29 is 18.0 Å². The molecule has 5 rings (SSSR count). The lowest BCUT2D eigenvalue weighted by Gasteiger charge is -2.49. The van der Waals surface area contributed by atoms with E-state index in [1.807, 2.05) is 41.2 Å². The maximum atomic E-state index is 14.3. The summed E-state index contributed by atoms with van der Waals surface area (Å²) in [4.78, 5) is 30.0. The SMILES string of the molecule is CS(=O)(=O)N[C@H]1CCCCC1N1C(=O)c2ccccc2[C@@H](C(=O)NCCn2cccc2)[C@@H]1c1ccc(Cl)cc1Cl. The second kappa shape index (κ2) is 11.9. The molecule has 1 fully saturated rings. The third-order valence-corrected chi connectivity index (χ3v) is 9.02. The van der Waals surface area contributed by atoms with E-state index in [9.17, 15) is 18.0 Å². The van der Waals surface area contributed by atoms with Crippen LogP contribution in [0.3, 0.4) is 0 Å². The molecule has 40 heavy (non-hydrogen) atoms. The largest absolute Gasteiger partial charge is 0.354 e. The van der Waals surface area contributed by atoms with Gasteiger partial charge in [-0.25, -0.2) is 13.1 Å². The van der Waals surface area contributed by atoms with Crippen LogP contribution in [-0.4, -0.2) is 54.6 Å². The summed E-state index contributed by atoms with van der Waals surface area (Å²) in [6.45, 7) is 0.980. The highest BCUT2D eigenvalue weighted by molar-refractivity contribution is 7.88. The molecule has 2 aromatic carbocycles. The van der Waals surface area contributed by atoms with E-state index in [0.717, 1.165) is 19.1 Å². The molecular formula is C29H32Cl2N4O4S. The first-order valence-corrected chi connectivity index (χ1v) is 16.0. The monoisotopic (exact) mass is 602 g/mol. The molecular weight excluding hydrogens is 571 g/mol. The first kappa shape index (κ1) is 28.7. The molecule has 2 amide bonds. The van der Waals surface area contributed by atoms with Gasteiger partial charge in [-0.3, -0.25) is 9.59 Å². The number of rotatable bonds is 8. The Morgan fingerprint density at radius 3 is 2.45 bits per heavy atom. The number of benzene rings is 2. The topological polar surface area (TPSA) is 101 Å². The van der Waals surface area contributed by atoms with Crippen molar-refractivity contribution in [2.75, 3.05) is 12.8 Å². The van der Waals surface area contributed by atoms with E-state index in [1.165, 1.54) is 0 Å². The number of carbonyl (C=O) groups excluding carboxylic acids is 2. The molecule has 0 bridgehead atoms. The van der Waals surface area contributed by atoms with Gasteiger partial charge < -0.3 is 14.8 Å². The first-order chi connectivity index (χ1) is 19.1. The molecule has 0 radical (unpaired) electrons. The van der Waals surface area contributed by atoms with Gasteiger partial charge in [0.2, 0.25) is 15.9 Å². The minimum atomic E-state index is -3.55. The summed E-state index contributed by atoms with van der Waals surface area (Å²) < 4.78 is 29.4. The summed E-state index contributed by atoms with van der Waals surface area (Å²) >= 11 is 13.0. The van der Waals surface area contributed by atoms with Crippen LogP contribution < -0.4 is 10.0 Å². The molecule has 3 aromatic rings. The van der Waals surface area contributed by atoms with Crippen LogP contribution in [-0.2, 0) is 21.4 Å². The highest BCUT2D eigenvalue weighted by Crippen LogP contribution is 2.47. The normalized spacial score (nSPS) is 23.1. The average molecular weight is 604 g/mol. The van der Waals surface area contributed by atoms with Crippen LogP contribution >= 0.6 is 23.2 Å². The summed E-state index contributed by atoms with van der Waals surface area (Å²) in [7, 11) is -3.55. The molecule has 2 heterocycles. The number of sulfonamides is 1. The van der Waals surface area contributed by atoms with Crippen molar-refractivity contribution in [3.8, 4) is 0 Å². The predicted octanol–water partition coefficient (Wildman–Crippen LogP) is 4.75. The van der Waals surface area contributed by atoms with Gasteiger partial charge in [0, 0.05) is 53.2 Å². The summed E-state index contributed by atoms with van der Waals surface area (Å²) in [5.74, 6) is -1.27. The molecule has 1 unspecified atom stereocenters. The number of nitrogens with zero attached hydrogens (tertiary/aromatic N) is 2. The lowest BCUT2D eigenvalue weighted by atomic mass is 9.76. The van der Waals surface area contributed by atoms with Gasteiger partial charge in [0.05, 0.1) is 18.2 Å². The number of fused-ring (bicyclic) bond motifs is 1. The van der Waals surface area contributed by atoms with E-state index >= 15 is 0 Å². The molecule has 1 aliphatic heterocycles. The second-order valence-corrected chi connectivity index (χ2v) is 13.1. The Balaban J connectivity index is 1.61. The Hall–Kier alpha value is -2.85. The van der Waals surface area contributed by atoms with Gasteiger partial charge in [0.1, 0.15) is 0 Å². The van der Waals surface area contributed by atoms with Gasteiger partial charge in [-0.05, 0) is 54.3 Å². The van der Waals surface area contributed by atoms with Gasteiger partial charge >= 0.3 is 0 Å². The molecule has 11 heteroatoms. The summed E-state index contributed by atoms with van der Waals surface area (Å²) in [6.07, 6.45) is 7.81. The Kier molecular flexibility index (Phi) is 8.56. The minimum Gasteiger partial charge on any atom is -0.354 e. The van der Waals surface area contributed by atoms with Gasteiger partial charge in [-0.1, -0.05) is 60.3 Å². The van der Waals surface area contributed by atoms with Crippen LogP contribution in [0.15, 0.2) is 67.0 Å². The number of hydrogen-bond donors (Lipinski definition) is 2. The highest BCUT2D eigenvalue weighted by Gasteiger charge is 2.49. The van der Waals surface area contributed by atoms with Crippen molar-refractivity contribution in [3.05, 3.63) is 93.7 Å². The standard InChI is InChI=1S/C29H32Cl2N4O4S/c1-40(38,39)33-24-10-4-5-11-25(24)35-27(22-13-12-19(30)18-23(22)31)26(20-8-2-3-9-21(20)29(35)37)28(36)32-14-17-34-15-6-7-16-34/h2-3,6-9,12-13,15-16,18,24-27,33H,4-5,10-11,14,17H2,1H3,(H,32,36)/t24-,25?,26+,27-/m0/s1. The maximum Gasteiger partial charge on any atom is 0.255 e. The minimum absolute atomic E-state index is 0.239. The Labute approximate surface area is 244 Å². The zero-order valence-electron chi connectivity index (χ0n) is 22.1. The van der Waals surface area contributed by atoms with Crippen LogP contribution in [0.2, 0.25) is 10.0 Å². The third kappa shape index (κ3) is 6.07. The number of aromatic nitrogens is 1. The van der Waals surface area contributed by atoms with Crippen molar-refractivity contribution in [1.82, 2.24) is 19.5 Å². The van der Waals surface area contributed by atoms with E-state index in [1.54, 1.807) is 35.2 Å². The Bertz CT molecular complexity index is 1500. The van der Waals surface area contributed by atoms with Gasteiger partial charge in [0.15, 0.2) is 0 Å². The molecule has 1 aliphatic carbocycles. The molecule has 0 saturated heterocycles. The molecule has 8 nitrogen and oxygen atoms in total. The number of hydrogen-bond acceptors (Lipinski definition) is 4. The number of carbonyl (C=O) groups is 2. The zero-order valence-corrected chi connectivity index (χ0v) is 24.4. The molecule has 1 saturated carbocycles. The fraction of sp³-hybridized carbons (Fsp3) is 0.379. The van der Waals surface area contributed by atoms with Crippen LogP contribution in [0.1, 0.15) is 59.1 Å². The van der Waals surface area contributed by atoms with Crippen LogP contribution in [0, 0.1) is 0 Å². The summed E-state index contributed by atoms with van der Waals surface area (Å²) in [5.41, 5.74) is 1.63. The van der Waals surface area contributed by atoms with Crippen molar-refractivity contribution in [1.29, 1.82) is 0 Å². The van der Waals surface area contributed by atoms with E-state index in [2.05, 4.69) is 10.0 Å². The predicted molar refractivity (Wildman–Crippen MR) is 156 cm³/mol. The van der Waals surface area contributed by atoms with Crippen molar-refractivity contribution in [2.24, 2.45) is 0 Å². The number of amides is 2. The molecule has 1 aromatic heterocycles. The Morgan fingerprint density at radius 1 is 1.00 bits per heavy atom. The average Bonchev–Trinajstić information content (AvgIpc) is 3.42. The molecule has 2 aliphatic rings. The lowest BCUT2D eigenvalue weighted by molar-refractivity contribution is -0.124. The van der Waals surface area contributed by atoms with Crippen molar-refractivity contribution >= 4 is 45.0 Å². The maximum absolute atomic E-state index is 14.3. The zero-order chi connectivity index (χ0) is 28.4. The molecule has 212 valence electrons. The van der Waals surface area contributed by atoms with Crippen LogP contribution in [0.25, 0.3) is 0 Å². The molecule has 2 N–H and O–H groups in total. The summed E-state index contributed by atoms with van der Waals surface area (Å²) in [5, 5.41) is 3.84. The van der Waals surface area contributed by atoms with Gasteiger partial charge in [0.25, 0.3) is 5.91 Å². The fourth-order valence-corrected chi connectivity index (χ4v) is 7.41.